The maximum absolute atomic E-state index is 5.60. The smallest absolute Gasteiger partial charge is 0.0639 e. The number of aryl methyl sites for hydroxylation is 1. The first-order valence-electron chi connectivity index (χ1n) is 6.25. The van der Waals surface area contributed by atoms with E-state index < -0.39 is 0 Å². The molecule has 0 aliphatic carbocycles. The van der Waals surface area contributed by atoms with Crippen LogP contribution in [0.1, 0.15) is 10.4 Å². The SMILES string of the molecule is Cc1cccc(NCCOCCc2cccs2)c1. The molecule has 0 radical (unpaired) electrons. The molecule has 1 aromatic carbocycles. The summed E-state index contributed by atoms with van der Waals surface area (Å²) in [6.07, 6.45) is 1.02. The van der Waals surface area contributed by atoms with Crippen LogP contribution in [0.2, 0.25) is 0 Å². The Balaban J connectivity index is 1.56. The third-order valence-electron chi connectivity index (χ3n) is 2.67. The molecular weight excluding hydrogens is 242 g/mol. The predicted molar refractivity (Wildman–Crippen MR) is 78.5 cm³/mol. The average Bonchev–Trinajstić information content (AvgIpc) is 2.87. The van der Waals surface area contributed by atoms with Crippen LogP contribution in [0.3, 0.4) is 0 Å². The number of rotatable bonds is 7. The van der Waals surface area contributed by atoms with E-state index in [1.54, 1.807) is 11.3 Å². The summed E-state index contributed by atoms with van der Waals surface area (Å²) in [6.45, 7) is 4.51. The Morgan fingerprint density at radius 1 is 1.17 bits per heavy atom. The van der Waals surface area contributed by atoms with Crippen molar-refractivity contribution in [2.75, 3.05) is 25.1 Å². The minimum atomic E-state index is 0.749. The molecule has 0 spiro atoms. The molecule has 18 heavy (non-hydrogen) atoms. The second kappa shape index (κ2) is 7.19. The number of thiophene rings is 1. The normalized spacial score (nSPS) is 10.5. The van der Waals surface area contributed by atoms with E-state index in [9.17, 15) is 0 Å². The van der Waals surface area contributed by atoms with Gasteiger partial charge < -0.3 is 10.1 Å². The van der Waals surface area contributed by atoms with E-state index in [0.29, 0.717) is 0 Å². The van der Waals surface area contributed by atoms with Gasteiger partial charge in [0, 0.05) is 23.5 Å². The van der Waals surface area contributed by atoms with Crippen LogP contribution in [0, 0.1) is 6.92 Å². The lowest BCUT2D eigenvalue weighted by atomic mass is 10.2. The van der Waals surface area contributed by atoms with Crippen molar-refractivity contribution in [2.45, 2.75) is 13.3 Å². The summed E-state index contributed by atoms with van der Waals surface area (Å²) in [4.78, 5) is 1.39. The summed E-state index contributed by atoms with van der Waals surface area (Å²) in [5, 5.41) is 5.46. The predicted octanol–water partition coefficient (Wildman–Crippen LogP) is 3.73. The number of hydrogen-bond acceptors (Lipinski definition) is 3. The van der Waals surface area contributed by atoms with Crippen LogP contribution in [-0.2, 0) is 11.2 Å². The third-order valence-corrected chi connectivity index (χ3v) is 3.60. The standard InChI is InChI=1S/C15H19NOS/c1-13-4-2-5-14(12-13)16-8-10-17-9-7-15-6-3-11-18-15/h2-6,11-12,16H,7-10H2,1H3. The van der Waals surface area contributed by atoms with E-state index in [2.05, 4.69) is 54.0 Å². The van der Waals surface area contributed by atoms with Gasteiger partial charge in [0.2, 0.25) is 0 Å². The highest BCUT2D eigenvalue weighted by atomic mass is 32.1. The molecule has 0 saturated carbocycles. The molecular formula is C15H19NOS. The first-order valence-corrected chi connectivity index (χ1v) is 7.13. The zero-order valence-corrected chi connectivity index (χ0v) is 11.5. The number of nitrogens with one attached hydrogen (secondary N) is 1. The van der Waals surface area contributed by atoms with Crippen LogP contribution in [0.5, 0.6) is 0 Å². The van der Waals surface area contributed by atoms with E-state index in [4.69, 9.17) is 4.74 Å². The Bertz CT molecular complexity index is 453. The molecule has 0 aliphatic heterocycles. The minimum absolute atomic E-state index is 0.749. The van der Waals surface area contributed by atoms with Crippen LogP contribution >= 0.6 is 11.3 Å². The number of hydrogen-bond donors (Lipinski definition) is 1. The highest BCUT2D eigenvalue weighted by Gasteiger charge is 1.95. The highest BCUT2D eigenvalue weighted by molar-refractivity contribution is 7.09. The summed E-state index contributed by atoms with van der Waals surface area (Å²) in [5.74, 6) is 0. The Labute approximate surface area is 113 Å². The Morgan fingerprint density at radius 3 is 2.89 bits per heavy atom. The molecule has 0 atom stereocenters. The van der Waals surface area contributed by atoms with Crippen molar-refractivity contribution in [3.05, 3.63) is 52.2 Å². The molecule has 2 nitrogen and oxygen atoms in total. The van der Waals surface area contributed by atoms with Crippen LogP contribution in [0.4, 0.5) is 5.69 Å². The number of anilines is 1. The maximum atomic E-state index is 5.60. The van der Waals surface area contributed by atoms with Gasteiger partial charge >= 0.3 is 0 Å². The summed E-state index contributed by atoms with van der Waals surface area (Å²) >= 11 is 1.79. The molecule has 0 amide bonds. The van der Waals surface area contributed by atoms with Crippen LogP contribution in [0.25, 0.3) is 0 Å². The van der Waals surface area contributed by atoms with Crippen LogP contribution in [-0.4, -0.2) is 19.8 Å². The molecule has 0 saturated heterocycles. The van der Waals surface area contributed by atoms with Gasteiger partial charge in [-0.05, 0) is 36.1 Å². The maximum Gasteiger partial charge on any atom is 0.0639 e. The van der Waals surface area contributed by atoms with Crippen molar-refractivity contribution in [2.24, 2.45) is 0 Å². The van der Waals surface area contributed by atoms with Crippen molar-refractivity contribution in [1.82, 2.24) is 0 Å². The molecule has 0 aliphatic rings. The largest absolute Gasteiger partial charge is 0.383 e. The van der Waals surface area contributed by atoms with Gasteiger partial charge in [-0.3, -0.25) is 0 Å². The van der Waals surface area contributed by atoms with E-state index >= 15 is 0 Å². The van der Waals surface area contributed by atoms with E-state index in [1.807, 2.05) is 0 Å². The minimum Gasteiger partial charge on any atom is -0.383 e. The quantitative estimate of drug-likeness (QED) is 0.767. The molecule has 3 heteroatoms. The third kappa shape index (κ3) is 4.51. The molecule has 0 unspecified atom stereocenters. The van der Waals surface area contributed by atoms with Gasteiger partial charge in [-0.25, -0.2) is 0 Å². The van der Waals surface area contributed by atoms with Gasteiger partial charge in [-0.15, -0.1) is 11.3 Å². The average molecular weight is 261 g/mol. The number of benzene rings is 1. The fraction of sp³-hybridized carbons (Fsp3) is 0.333. The Kier molecular flexibility index (Phi) is 5.24. The van der Waals surface area contributed by atoms with E-state index in [-0.39, 0.29) is 0 Å². The molecule has 1 aromatic heterocycles. The summed E-state index contributed by atoms with van der Waals surface area (Å²) < 4.78 is 5.60. The van der Waals surface area contributed by atoms with Gasteiger partial charge in [0.25, 0.3) is 0 Å². The van der Waals surface area contributed by atoms with Gasteiger partial charge in [0.1, 0.15) is 0 Å². The zero-order valence-electron chi connectivity index (χ0n) is 10.7. The van der Waals surface area contributed by atoms with Crippen molar-refractivity contribution < 1.29 is 4.74 Å². The van der Waals surface area contributed by atoms with Gasteiger partial charge in [0.05, 0.1) is 13.2 Å². The fourth-order valence-electron chi connectivity index (χ4n) is 1.75. The monoisotopic (exact) mass is 261 g/mol. The van der Waals surface area contributed by atoms with E-state index in [0.717, 1.165) is 31.9 Å². The molecule has 96 valence electrons. The molecule has 0 bridgehead atoms. The second-order valence-electron chi connectivity index (χ2n) is 4.24. The molecule has 2 rings (SSSR count). The molecule has 1 N–H and O–H groups in total. The molecule has 1 heterocycles. The number of ether oxygens (including phenoxy) is 1. The van der Waals surface area contributed by atoms with E-state index in [1.165, 1.54) is 10.4 Å². The summed E-state index contributed by atoms with van der Waals surface area (Å²) in [6, 6.07) is 12.6. The van der Waals surface area contributed by atoms with Crippen molar-refractivity contribution in [3.63, 3.8) is 0 Å². The lowest BCUT2D eigenvalue weighted by Crippen LogP contribution is -2.10. The van der Waals surface area contributed by atoms with Crippen molar-refractivity contribution in [3.8, 4) is 0 Å². The molecule has 2 aromatic rings. The lowest BCUT2D eigenvalue weighted by molar-refractivity contribution is 0.147. The first-order chi connectivity index (χ1) is 8.84. The first kappa shape index (κ1) is 13.1. The Hall–Kier alpha value is -1.32. The molecule has 0 fully saturated rings. The van der Waals surface area contributed by atoms with Gasteiger partial charge in [0.15, 0.2) is 0 Å². The second-order valence-corrected chi connectivity index (χ2v) is 5.27. The summed E-state index contributed by atoms with van der Waals surface area (Å²) in [7, 11) is 0. The fourth-order valence-corrected chi connectivity index (χ4v) is 2.44. The van der Waals surface area contributed by atoms with Crippen molar-refractivity contribution in [1.29, 1.82) is 0 Å². The van der Waals surface area contributed by atoms with Gasteiger partial charge in [-0.1, -0.05) is 18.2 Å². The van der Waals surface area contributed by atoms with Crippen LogP contribution < -0.4 is 5.32 Å². The summed E-state index contributed by atoms with van der Waals surface area (Å²) in [5.41, 5.74) is 2.44. The lowest BCUT2D eigenvalue weighted by Gasteiger charge is -2.07. The topological polar surface area (TPSA) is 21.3 Å². The van der Waals surface area contributed by atoms with Crippen LogP contribution in [0.15, 0.2) is 41.8 Å². The Morgan fingerprint density at radius 2 is 2.11 bits per heavy atom. The van der Waals surface area contributed by atoms with Crippen molar-refractivity contribution >= 4 is 17.0 Å². The highest BCUT2D eigenvalue weighted by Crippen LogP contribution is 2.10. The van der Waals surface area contributed by atoms with Gasteiger partial charge in [-0.2, -0.15) is 0 Å². The zero-order chi connectivity index (χ0) is 12.6.